The lowest BCUT2D eigenvalue weighted by molar-refractivity contribution is 0.669. The van der Waals surface area contributed by atoms with E-state index in [1.54, 1.807) is 0 Å². The fourth-order valence-electron chi connectivity index (χ4n) is 9.88. The zero-order chi connectivity index (χ0) is 44.4. The van der Waals surface area contributed by atoms with Crippen LogP contribution in [0.15, 0.2) is 223 Å². The normalized spacial score (nSPS) is 11.7. The Bertz CT molecular complexity index is 4060. The van der Waals surface area contributed by atoms with Crippen molar-refractivity contribution in [1.29, 1.82) is 0 Å². The molecule has 5 heteroatoms. The van der Waals surface area contributed by atoms with Crippen molar-refractivity contribution in [3.63, 3.8) is 0 Å². The summed E-state index contributed by atoms with van der Waals surface area (Å²) in [5, 5.41) is 6.83. The van der Waals surface area contributed by atoms with Gasteiger partial charge in [-0.05, 0) is 134 Å². The first kappa shape index (κ1) is 38.9. The van der Waals surface area contributed by atoms with Gasteiger partial charge in [-0.2, -0.15) is 0 Å². The van der Waals surface area contributed by atoms with Gasteiger partial charge in [0.2, 0.25) is 0 Å². The van der Waals surface area contributed by atoms with E-state index >= 15 is 0 Å². The summed E-state index contributed by atoms with van der Waals surface area (Å²) < 4.78 is 9.03. The Labute approximate surface area is 391 Å². The Morgan fingerprint density at radius 3 is 1.76 bits per heavy atom. The number of thiophene rings is 1. The largest absolute Gasteiger partial charge is 0.456 e. The minimum atomic E-state index is 0.595. The highest BCUT2D eigenvalue weighted by atomic mass is 32.1. The molecule has 10 aromatic carbocycles. The molecule has 0 aliphatic carbocycles. The lowest BCUT2D eigenvalue weighted by atomic mass is 9.92. The molecule has 314 valence electrons. The number of rotatable bonds is 7. The van der Waals surface area contributed by atoms with E-state index in [1.807, 2.05) is 11.3 Å². The van der Waals surface area contributed by atoms with E-state index < -0.39 is 0 Å². The van der Waals surface area contributed by atoms with Crippen molar-refractivity contribution in [3.8, 4) is 78.7 Å². The quantitative estimate of drug-likeness (QED) is 0.160. The highest BCUT2D eigenvalue weighted by molar-refractivity contribution is 7.26. The van der Waals surface area contributed by atoms with E-state index in [-0.39, 0.29) is 0 Å². The molecule has 3 aromatic heterocycles. The van der Waals surface area contributed by atoms with E-state index in [9.17, 15) is 0 Å². The highest BCUT2D eigenvalue weighted by Crippen LogP contribution is 2.44. The van der Waals surface area contributed by atoms with Crippen LogP contribution in [-0.2, 0) is 0 Å². The molecule has 0 spiro atoms. The Morgan fingerprint density at radius 1 is 0.328 bits per heavy atom. The zero-order valence-corrected chi connectivity index (χ0v) is 37.3. The maximum atomic E-state index is 6.58. The number of aromatic nitrogens is 3. The van der Waals surface area contributed by atoms with Gasteiger partial charge in [-0.15, -0.1) is 11.3 Å². The molecule has 0 aliphatic heterocycles. The second kappa shape index (κ2) is 15.9. The van der Waals surface area contributed by atoms with Crippen LogP contribution in [0.1, 0.15) is 5.56 Å². The predicted molar refractivity (Wildman–Crippen MR) is 280 cm³/mol. The van der Waals surface area contributed by atoms with Crippen LogP contribution in [0.3, 0.4) is 0 Å². The molecular formula is C62H39N3OS. The van der Waals surface area contributed by atoms with Crippen LogP contribution in [0.2, 0.25) is 0 Å². The molecule has 3 heterocycles. The summed E-state index contributed by atoms with van der Waals surface area (Å²) in [6, 6.07) is 77.5. The number of furan rings is 1. The van der Waals surface area contributed by atoms with Gasteiger partial charge < -0.3 is 4.42 Å². The van der Waals surface area contributed by atoms with Gasteiger partial charge in [-0.1, -0.05) is 152 Å². The highest BCUT2D eigenvalue weighted by Gasteiger charge is 2.20. The second-order valence-corrected chi connectivity index (χ2v) is 18.2. The Hall–Kier alpha value is -8.51. The molecule has 0 saturated heterocycles. The average molecular weight is 874 g/mol. The predicted octanol–water partition coefficient (Wildman–Crippen LogP) is 17.3. The molecule has 4 nitrogen and oxygen atoms in total. The van der Waals surface area contributed by atoms with E-state index in [1.165, 1.54) is 64.5 Å². The molecule has 0 amide bonds. The van der Waals surface area contributed by atoms with Crippen molar-refractivity contribution < 1.29 is 4.42 Å². The number of nitrogens with zero attached hydrogens (tertiary/aromatic N) is 3. The fourth-order valence-corrected chi connectivity index (χ4v) is 11.0. The van der Waals surface area contributed by atoms with Gasteiger partial charge in [0.1, 0.15) is 11.2 Å². The third-order valence-corrected chi connectivity index (χ3v) is 14.2. The SMILES string of the molecule is Cc1cc(-c2nc(-c3ccc4oc5cccc(-c6ccccc6-c6ccccc6)c5c4c3)nc(-c3ccc4sc5cccc(-c6cccc(-c7ccccc7)c6)c5c4c3)n2)cc2ccccc12. The molecule has 67 heavy (non-hydrogen) atoms. The van der Waals surface area contributed by atoms with E-state index in [4.69, 9.17) is 19.4 Å². The van der Waals surface area contributed by atoms with Gasteiger partial charge in [0.15, 0.2) is 17.5 Å². The van der Waals surface area contributed by atoms with Gasteiger partial charge in [-0.25, -0.2) is 15.0 Å². The number of aryl methyl sites for hydroxylation is 1. The maximum absolute atomic E-state index is 6.58. The Morgan fingerprint density at radius 2 is 0.940 bits per heavy atom. The van der Waals surface area contributed by atoms with Crippen molar-refractivity contribution in [2.24, 2.45) is 0 Å². The molecule has 0 unspecified atom stereocenters. The standard InChI is InChI=1S/C62H39N3OS/c1-38-33-46(35-42-19-8-9-22-47(38)42)62-64-60(44-29-31-54-52(36-44)58-51(26-13-27-55(58)66-54)50-24-11-10-23-48(50)40-17-6-3-7-18-40)63-61(65-62)45-30-32-56-53(37-45)59-49(25-14-28-57(59)67-56)43-21-12-20-41(34-43)39-15-4-2-5-16-39/h2-37H,1H3. The third kappa shape index (κ3) is 6.79. The summed E-state index contributed by atoms with van der Waals surface area (Å²) in [5.74, 6) is 1.83. The van der Waals surface area contributed by atoms with Crippen LogP contribution >= 0.6 is 11.3 Å². The molecule has 0 radical (unpaired) electrons. The summed E-state index contributed by atoms with van der Waals surface area (Å²) in [4.78, 5) is 15.9. The van der Waals surface area contributed by atoms with Gasteiger partial charge in [-0.3, -0.25) is 0 Å². The number of benzene rings is 10. The topological polar surface area (TPSA) is 51.8 Å². The van der Waals surface area contributed by atoms with Gasteiger partial charge in [0, 0.05) is 47.6 Å². The Kier molecular flexibility index (Phi) is 9.22. The Balaban J connectivity index is 0.999. The van der Waals surface area contributed by atoms with E-state index in [0.717, 1.165) is 55.1 Å². The molecular weight excluding hydrogens is 835 g/mol. The van der Waals surface area contributed by atoms with Gasteiger partial charge >= 0.3 is 0 Å². The smallest absolute Gasteiger partial charge is 0.164 e. The molecule has 0 aliphatic rings. The summed E-state index contributed by atoms with van der Waals surface area (Å²) in [5.41, 5.74) is 14.9. The van der Waals surface area contributed by atoms with Gasteiger partial charge in [0.05, 0.1) is 0 Å². The number of hydrogen-bond donors (Lipinski definition) is 0. The third-order valence-electron chi connectivity index (χ3n) is 13.1. The molecule has 0 atom stereocenters. The first-order valence-electron chi connectivity index (χ1n) is 22.6. The fraction of sp³-hybridized carbons (Fsp3) is 0.0161. The van der Waals surface area contributed by atoms with Crippen LogP contribution in [0.5, 0.6) is 0 Å². The average Bonchev–Trinajstić information content (AvgIpc) is 3.97. The van der Waals surface area contributed by atoms with Crippen molar-refractivity contribution >= 4 is 64.2 Å². The van der Waals surface area contributed by atoms with Crippen LogP contribution in [0, 0.1) is 6.92 Å². The molecule has 13 aromatic rings. The molecule has 0 bridgehead atoms. The van der Waals surface area contributed by atoms with Crippen LogP contribution in [0.4, 0.5) is 0 Å². The van der Waals surface area contributed by atoms with Crippen molar-refractivity contribution in [2.45, 2.75) is 6.92 Å². The lowest BCUT2D eigenvalue weighted by Gasteiger charge is -2.12. The number of fused-ring (bicyclic) bond motifs is 7. The minimum absolute atomic E-state index is 0.595. The molecule has 0 N–H and O–H groups in total. The summed E-state index contributed by atoms with van der Waals surface area (Å²) in [6.07, 6.45) is 0. The molecule has 0 saturated carbocycles. The summed E-state index contributed by atoms with van der Waals surface area (Å²) in [7, 11) is 0. The first-order valence-corrected chi connectivity index (χ1v) is 23.4. The van der Waals surface area contributed by atoms with Crippen molar-refractivity contribution in [1.82, 2.24) is 15.0 Å². The monoisotopic (exact) mass is 873 g/mol. The van der Waals surface area contributed by atoms with Crippen LogP contribution in [-0.4, -0.2) is 15.0 Å². The van der Waals surface area contributed by atoms with Gasteiger partial charge in [0.25, 0.3) is 0 Å². The first-order chi connectivity index (χ1) is 33.1. The van der Waals surface area contributed by atoms with E-state index in [2.05, 4.69) is 225 Å². The second-order valence-electron chi connectivity index (χ2n) is 17.2. The molecule has 0 fully saturated rings. The number of hydrogen-bond acceptors (Lipinski definition) is 5. The van der Waals surface area contributed by atoms with Crippen molar-refractivity contribution in [3.05, 3.63) is 224 Å². The maximum Gasteiger partial charge on any atom is 0.164 e. The lowest BCUT2D eigenvalue weighted by Crippen LogP contribution is -2.00. The minimum Gasteiger partial charge on any atom is -0.456 e. The summed E-state index contributed by atoms with van der Waals surface area (Å²) >= 11 is 1.82. The zero-order valence-electron chi connectivity index (χ0n) is 36.4. The summed E-state index contributed by atoms with van der Waals surface area (Å²) in [6.45, 7) is 2.16. The van der Waals surface area contributed by atoms with E-state index in [0.29, 0.717) is 17.5 Å². The van der Waals surface area contributed by atoms with Crippen LogP contribution < -0.4 is 0 Å². The van der Waals surface area contributed by atoms with Crippen molar-refractivity contribution in [2.75, 3.05) is 0 Å². The molecule has 13 rings (SSSR count). The van der Waals surface area contributed by atoms with Crippen LogP contribution in [0.25, 0.3) is 132 Å².